The second-order valence-corrected chi connectivity index (χ2v) is 5.76. The summed E-state index contributed by atoms with van der Waals surface area (Å²) in [6, 6.07) is 17.7. The molecule has 1 amide bonds. The van der Waals surface area contributed by atoms with Crippen LogP contribution in [0.5, 0.6) is 0 Å². The minimum Gasteiger partial charge on any atom is -0.322 e. The van der Waals surface area contributed by atoms with Crippen LogP contribution in [0.1, 0.15) is 34.2 Å². The number of hydrogen-bond acceptors (Lipinski definition) is 2. The Balaban J connectivity index is 1.95. The van der Waals surface area contributed by atoms with E-state index in [1.54, 1.807) is 0 Å². The molecule has 1 heterocycles. The highest BCUT2D eigenvalue weighted by atomic mass is 16.1. The Hall–Kier alpha value is -2.88. The third-order valence-corrected chi connectivity index (χ3v) is 4.17. The highest BCUT2D eigenvalue weighted by Crippen LogP contribution is 2.21. The smallest absolute Gasteiger partial charge is 0.259 e. The summed E-state index contributed by atoms with van der Waals surface area (Å²) in [5, 5.41) is 7.57. The summed E-state index contributed by atoms with van der Waals surface area (Å²) in [6.07, 6.45) is 0.873. The van der Waals surface area contributed by atoms with Crippen LogP contribution >= 0.6 is 0 Å². The molecular formula is C20H21N3O. The number of rotatable bonds is 4. The van der Waals surface area contributed by atoms with Gasteiger partial charge in [0, 0.05) is 5.69 Å². The van der Waals surface area contributed by atoms with E-state index in [2.05, 4.69) is 17.3 Å². The Kier molecular flexibility index (Phi) is 4.47. The average Bonchev–Trinajstić information content (AvgIpc) is 2.90. The number of amides is 1. The predicted molar refractivity (Wildman–Crippen MR) is 96.8 cm³/mol. The van der Waals surface area contributed by atoms with Crippen LogP contribution in [0.3, 0.4) is 0 Å². The van der Waals surface area contributed by atoms with Gasteiger partial charge in [0.2, 0.25) is 0 Å². The van der Waals surface area contributed by atoms with Gasteiger partial charge < -0.3 is 5.32 Å². The van der Waals surface area contributed by atoms with Crippen molar-refractivity contribution in [2.24, 2.45) is 0 Å². The van der Waals surface area contributed by atoms with Gasteiger partial charge in [-0.2, -0.15) is 5.10 Å². The minimum absolute atomic E-state index is 0.118. The fraction of sp³-hybridized carbons (Fsp3) is 0.200. The molecule has 2 aromatic carbocycles. The van der Waals surface area contributed by atoms with Crippen molar-refractivity contribution in [1.29, 1.82) is 0 Å². The van der Waals surface area contributed by atoms with Crippen LogP contribution in [-0.2, 0) is 6.42 Å². The van der Waals surface area contributed by atoms with Gasteiger partial charge in [-0.1, -0.05) is 43.3 Å². The summed E-state index contributed by atoms with van der Waals surface area (Å²) in [4.78, 5) is 12.8. The highest BCUT2D eigenvalue weighted by Gasteiger charge is 2.20. The summed E-state index contributed by atoms with van der Waals surface area (Å²) < 4.78 is 1.82. The van der Waals surface area contributed by atoms with Crippen molar-refractivity contribution in [3.63, 3.8) is 0 Å². The number of nitrogens with one attached hydrogen (secondary N) is 1. The van der Waals surface area contributed by atoms with E-state index >= 15 is 0 Å². The lowest BCUT2D eigenvalue weighted by Gasteiger charge is -2.10. The molecule has 3 rings (SSSR count). The van der Waals surface area contributed by atoms with Gasteiger partial charge in [0.25, 0.3) is 5.91 Å². The molecule has 4 heteroatoms. The van der Waals surface area contributed by atoms with Crippen LogP contribution in [0.15, 0.2) is 54.6 Å². The van der Waals surface area contributed by atoms with Crippen molar-refractivity contribution in [2.75, 3.05) is 5.32 Å². The molecule has 4 nitrogen and oxygen atoms in total. The second-order valence-electron chi connectivity index (χ2n) is 5.76. The van der Waals surface area contributed by atoms with E-state index in [4.69, 9.17) is 0 Å². The standard InChI is InChI=1S/C20H21N3O/c1-4-16-10-8-9-13-18(16)21-20(24)19-14(2)22-23(15(19)3)17-11-6-5-7-12-17/h5-13H,4H2,1-3H3,(H,21,24). The van der Waals surface area contributed by atoms with E-state index in [1.165, 1.54) is 0 Å². The maximum atomic E-state index is 12.8. The lowest BCUT2D eigenvalue weighted by molar-refractivity contribution is 0.102. The van der Waals surface area contributed by atoms with E-state index in [9.17, 15) is 4.79 Å². The first-order chi connectivity index (χ1) is 11.6. The molecule has 0 bridgehead atoms. The zero-order valence-corrected chi connectivity index (χ0v) is 14.2. The number of hydrogen-bond donors (Lipinski definition) is 1. The van der Waals surface area contributed by atoms with Gasteiger partial charge in [0.15, 0.2) is 0 Å². The topological polar surface area (TPSA) is 46.9 Å². The quantitative estimate of drug-likeness (QED) is 0.779. The van der Waals surface area contributed by atoms with E-state index in [0.717, 1.165) is 34.7 Å². The first-order valence-electron chi connectivity index (χ1n) is 8.12. The summed E-state index contributed by atoms with van der Waals surface area (Å²) >= 11 is 0. The molecule has 0 saturated carbocycles. The number of aryl methyl sites for hydroxylation is 2. The molecule has 0 atom stereocenters. The maximum absolute atomic E-state index is 12.8. The molecule has 0 fully saturated rings. The SMILES string of the molecule is CCc1ccccc1NC(=O)c1c(C)nn(-c2ccccc2)c1C. The van der Waals surface area contributed by atoms with Crippen molar-refractivity contribution < 1.29 is 4.79 Å². The second kappa shape index (κ2) is 6.71. The number of carbonyl (C=O) groups excluding carboxylic acids is 1. The lowest BCUT2D eigenvalue weighted by Crippen LogP contribution is -2.15. The van der Waals surface area contributed by atoms with Gasteiger partial charge in [0.1, 0.15) is 0 Å². The molecule has 3 aromatic rings. The van der Waals surface area contributed by atoms with Crippen LogP contribution in [0, 0.1) is 13.8 Å². The molecule has 0 spiro atoms. The Morgan fingerprint density at radius 1 is 1.04 bits per heavy atom. The normalized spacial score (nSPS) is 10.6. The Morgan fingerprint density at radius 3 is 2.42 bits per heavy atom. The van der Waals surface area contributed by atoms with Crippen LogP contribution in [0.4, 0.5) is 5.69 Å². The third kappa shape index (κ3) is 2.95. The van der Waals surface area contributed by atoms with Crippen molar-refractivity contribution >= 4 is 11.6 Å². The van der Waals surface area contributed by atoms with Gasteiger partial charge in [-0.3, -0.25) is 4.79 Å². The van der Waals surface area contributed by atoms with Gasteiger partial charge in [-0.15, -0.1) is 0 Å². The first kappa shape index (κ1) is 16.0. The number of benzene rings is 2. The van der Waals surface area contributed by atoms with E-state index in [-0.39, 0.29) is 5.91 Å². The van der Waals surface area contributed by atoms with Crippen molar-refractivity contribution in [2.45, 2.75) is 27.2 Å². The summed E-state index contributed by atoms with van der Waals surface area (Å²) in [5.74, 6) is -0.118. The zero-order valence-electron chi connectivity index (χ0n) is 14.2. The fourth-order valence-corrected chi connectivity index (χ4v) is 2.93. The Morgan fingerprint density at radius 2 is 1.71 bits per heavy atom. The molecule has 1 aromatic heterocycles. The van der Waals surface area contributed by atoms with Crippen LogP contribution in [0.2, 0.25) is 0 Å². The third-order valence-electron chi connectivity index (χ3n) is 4.17. The molecule has 122 valence electrons. The van der Waals surface area contributed by atoms with E-state index < -0.39 is 0 Å². The first-order valence-corrected chi connectivity index (χ1v) is 8.12. The number of anilines is 1. The number of nitrogens with zero attached hydrogens (tertiary/aromatic N) is 2. The Labute approximate surface area is 142 Å². The molecule has 0 saturated heterocycles. The van der Waals surface area contributed by atoms with Gasteiger partial charge in [-0.05, 0) is 44.0 Å². The van der Waals surface area contributed by atoms with Crippen LogP contribution in [0.25, 0.3) is 5.69 Å². The maximum Gasteiger partial charge on any atom is 0.259 e. The Bertz CT molecular complexity index is 866. The molecular weight excluding hydrogens is 298 g/mol. The summed E-state index contributed by atoms with van der Waals surface area (Å²) in [5.41, 5.74) is 5.12. The molecule has 0 aliphatic heterocycles. The summed E-state index contributed by atoms with van der Waals surface area (Å²) in [7, 11) is 0. The average molecular weight is 319 g/mol. The van der Waals surface area contributed by atoms with Crippen molar-refractivity contribution in [3.8, 4) is 5.69 Å². The lowest BCUT2D eigenvalue weighted by atomic mass is 10.1. The van der Waals surface area contributed by atoms with E-state index in [1.807, 2.05) is 73.1 Å². The largest absolute Gasteiger partial charge is 0.322 e. The highest BCUT2D eigenvalue weighted by molar-refractivity contribution is 6.06. The monoisotopic (exact) mass is 319 g/mol. The molecule has 24 heavy (non-hydrogen) atoms. The molecule has 1 N–H and O–H groups in total. The van der Waals surface area contributed by atoms with Crippen molar-refractivity contribution in [1.82, 2.24) is 9.78 Å². The zero-order chi connectivity index (χ0) is 17.1. The predicted octanol–water partition coefficient (Wildman–Crippen LogP) is 4.30. The molecule has 0 unspecified atom stereocenters. The summed E-state index contributed by atoms with van der Waals surface area (Å²) in [6.45, 7) is 5.87. The minimum atomic E-state index is -0.118. The van der Waals surface area contributed by atoms with Gasteiger partial charge in [-0.25, -0.2) is 4.68 Å². The van der Waals surface area contributed by atoms with Gasteiger partial charge in [0.05, 0.1) is 22.6 Å². The number of carbonyl (C=O) groups is 1. The van der Waals surface area contributed by atoms with Gasteiger partial charge >= 0.3 is 0 Å². The van der Waals surface area contributed by atoms with Crippen LogP contribution in [-0.4, -0.2) is 15.7 Å². The fourth-order valence-electron chi connectivity index (χ4n) is 2.93. The molecule has 0 aliphatic rings. The van der Waals surface area contributed by atoms with Crippen LogP contribution < -0.4 is 5.32 Å². The molecule has 0 aliphatic carbocycles. The molecule has 0 radical (unpaired) electrons. The number of aromatic nitrogens is 2. The number of para-hydroxylation sites is 2. The van der Waals surface area contributed by atoms with Crippen molar-refractivity contribution in [3.05, 3.63) is 77.1 Å². The van der Waals surface area contributed by atoms with E-state index in [0.29, 0.717) is 5.56 Å².